The SMILES string of the molecule is CCC(C)N(CC)S(=O)(=O)c1cccc(C(=O)O)c1. The van der Waals surface area contributed by atoms with Crippen molar-refractivity contribution in [2.75, 3.05) is 6.54 Å². The van der Waals surface area contributed by atoms with Crippen molar-refractivity contribution in [3.05, 3.63) is 29.8 Å². The van der Waals surface area contributed by atoms with Crippen LogP contribution in [0.15, 0.2) is 29.2 Å². The van der Waals surface area contributed by atoms with Crippen LogP contribution >= 0.6 is 0 Å². The third kappa shape index (κ3) is 3.33. The molecule has 1 aromatic rings. The highest BCUT2D eigenvalue weighted by Crippen LogP contribution is 2.20. The van der Waals surface area contributed by atoms with Crippen LogP contribution < -0.4 is 0 Å². The molecule has 0 radical (unpaired) electrons. The van der Waals surface area contributed by atoms with E-state index in [2.05, 4.69) is 0 Å². The second-order valence-corrected chi connectivity index (χ2v) is 6.19. The van der Waals surface area contributed by atoms with E-state index in [1.165, 1.54) is 28.6 Å². The summed E-state index contributed by atoms with van der Waals surface area (Å²) in [5, 5.41) is 8.92. The van der Waals surface area contributed by atoms with Crippen molar-refractivity contribution < 1.29 is 18.3 Å². The average Bonchev–Trinajstić information content (AvgIpc) is 2.39. The highest BCUT2D eigenvalue weighted by Gasteiger charge is 2.27. The molecule has 19 heavy (non-hydrogen) atoms. The largest absolute Gasteiger partial charge is 0.478 e. The Morgan fingerprint density at radius 3 is 2.47 bits per heavy atom. The summed E-state index contributed by atoms with van der Waals surface area (Å²) < 4.78 is 26.3. The number of carboxylic acids is 1. The van der Waals surface area contributed by atoms with E-state index in [0.29, 0.717) is 13.0 Å². The van der Waals surface area contributed by atoms with Gasteiger partial charge in [0.15, 0.2) is 0 Å². The zero-order chi connectivity index (χ0) is 14.6. The molecule has 0 aliphatic carbocycles. The van der Waals surface area contributed by atoms with E-state index in [1.807, 2.05) is 13.8 Å². The standard InChI is InChI=1S/C13H19NO4S/c1-4-10(3)14(5-2)19(17,18)12-8-6-7-11(9-12)13(15)16/h6-10H,4-5H2,1-3H3,(H,15,16). The van der Waals surface area contributed by atoms with Gasteiger partial charge in [-0.3, -0.25) is 0 Å². The number of aromatic carboxylic acids is 1. The summed E-state index contributed by atoms with van der Waals surface area (Å²) in [4.78, 5) is 10.9. The van der Waals surface area contributed by atoms with Gasteiger partial charge in [-0.1, -0.05) is 19.9 Å². The van der Waals surface area contributed by atoms with Crippen molar-refractivity contribution in [2.24, 2.45) is 0 Å². The fraction of sp³-hybridized carbons (Fsp3) is 0.462. The lowest BCUT2D eigenvalue weighted by atomic mass is 10.2. The van der Waals surface area contributed by atoms with Crippen LogP contribution in [0, 0.1) is 0 Å². The van der Waals surface area contributed by atoms with Crippen molar-refractivity contribution in [1.82, 2.24) is 4.31 Å². The van der Waals surface area contributed by atoms with Gasteiger partial charge in [-0.05, 0) is 31.5 Å². The second kappa shape index (κ2) is 6.16. The highest BCUT2D eigenvalue weighted by molar-refractivity contribution is 7.89. The quantitative estimate of drug-likeness (QED) is 0.869. The van der Waals surface area contributed by atoms with Crippen LogP contribution in [0.1, 0.15) is 37.6 Å². The first-order valence-corrected chi connectivity index (χ1v) is 7.63. The van der Waals surface area contributed by atoms with Crippen LogP contribution in [0.4, 0.5) is 0 Å². The van der Waals surface area contributed by atoms with E-state index in [4.69, 9.17) is 5.11 Å². The Bertz CT molecular complexity index is 554. The molecule has 1 rings (SSSR count). The number of hydrogen-bond acceptors (Lipinski definition) is 3. The molecular formula is C13H19NO4S. The van der Waals surface area contributed by atoms with Gasteiger partial charge in [0.2, 0.25) is 10.0 Å². The van der Waals surface area contributed by atoms with Gasteiger partial charge in [-0.15, -0.1) is 0 Å². The first-order valence-electron chi connectivity index (χ1n) is 6.19. The molecule has 0 bridgehead atoms. The topological polar surface area (TPSA) is 74.7 Å². The molecule has 0 amide bonds. The smallest absolute Gasteiger partial charge is 0.335 e. The molecule has 0 fully saturated rings. The van der Waals surface area contributed by atoms with Crippen LogP contribution in [-0.4, -0.2) is 36.4 Å². The Hall–Kier alpha value is -1.40. The minimum absolute atomic E-state index is 0.0227. The van der Waals surface area contributed by atoms with Gasteiger partial charge in [0, 0.05) is 12.6 Å². The van der Waals surface area contributed by atoms with Gasteiger partial charge >= 0.3 is 5.97 Å². The maximum absolute atomic E-state index is 12.5. The van der Waals surface area contributed by atoms with Gasteiger partial charge < -0.3 is 5.11 Å². The monoisotopic (exact) mass is 285 g/mol. The molecule has 106 valence electrons. The van der Waals surface area contributed by atoms with Crippen LogP contribution in [0.25, 0.3) is 0 Å². The average molecular weight is 285 g/mol. The fourth-order valence-corrected chi connectivity index (χ4v) is 3.61. The zero-order valence-corrected chi connectivity index (χ0v) is 12.1. The van der Waals surface area contributed by atoms with Gasteiger partial charge in [-0.25, -0.2) is 13.2 Å². The predicted molar refractivity (Wildman–Crippen MR) is 72.7 cm³/mol. The Balaban J connectivity index is 3.26. The lowest BCUT2D eigenvalue weighted by Crippen LogP contribution is -2.38. The Labute approximate surface area is 113 Å². The number of carbonyl (C=O) groups is 1. The zero-order valence-electron chi connectivity index (χ0n) is 11.3. The lowest BCUT2D eigenvalue weighted by molar-refractivity contribution is 0.0696. The summed E-state index contributed by atoms with van der Waals surface area (Å²) >= 11 is 0. The molecule has 0 saturated heterocycles. The molecule has 1 unspecified atom stereocenters. The lowest BCUT2D eigenvalue weighted by Gasteiger charge is -2.26. The molecule has 1 atom stereocenters. The first kappa shape index (κ1) is 15.7. The van der Waals surface area contributed by atoms with Crippen molar-refractivity contribution in [3.63, 3.8) is 0 Å². The predicted octanol–water partition coefficient (Wildman–Crippen LogP) is 2.19. The van der Waals surface area contributed by atoms with Gasteiger partial charge in [0.25, 0.3) is 0 Å². The van der Waals surface area contributed by atoms with Crippen molar-refractivity contribution in [1.29, 1.82) is 0 Å². The Morgan fingerprint density at radius 2 is 2.00 bits per heavy atom. The van der Waals surface area contributed by atoms with E-state index >= 15 is 0 Å². The third-order valence-electron chi connectivity index (χ3n) is 3.08. The summed E-state index contributed by atoms with van der Waals surface area (Å²) in [6.45, 7) is 5.87. The van der Waals surface area contributed by atoms with Crippen LogP contribution in [0.5, 0.6) is 0 Å². The molecule has 0 heterocycles. The van der Waals surface area contributed by atoms with E-state index in [1.54, 1.807) is 6.92 Å². The molecular weight excluding hydrogens is 266 g/mol. The number of sulfonamides is 1. The van der Waals surface area contributed by atoms with E-state index in [-0.39, 0.29) is 16.5 Å². The van der Waals surface area contributed by atoms with E-state index in [9.17, 15) is 13.2 Å². The summed E-state index contributed by atoms with van der Waals surface area (Å²) in [6, 6.07) is 5.32. The van der Waals surface area contributed by atoms with Crippen LogP contribution in [0.3, 0.4) is 0 Å². The molecule has 6 heteroatoms. The van der Waals surface area contributed by atoms with Crippen molar-refractivity contribution in [2.45, 2.75) is 38.1 Å². The number of nitrogens with zero attached hydrogens (tertiary/aromatic N) is 1. The molecule has 0 aromatic heterocycles. The first-order chi connectivity index (χ1) is 8.84. The molecule has 0 aliphatic heterocycles. The molecule has 0 aliphatic rings. The number of rotatable bonds is 6. The Morgan fingerprint density at radius 1 is 1.37 bits per heavy atom. The maximum atomic E-state index is 12.5. The van der Waals surface area contributed by atoms with Gasteiger partial charge in [-0.2, -0.15) is 4.31 Å². The number of benzene rings is 1. The molecule has 0 spiro atoms. The Kier molecular flexibility index (Phi) is 5.08. The molecule has 5 nitrogen and oxygen atoms in total. The van der Waals surface area contributed by atoms with Crippen LogP contribution in [-0.2, 0) is 10.0 Å². The van der Waals surface area contributed by atoms with Gasteiger partial charge in [0.1, 0.15) is 0 Å². The van der Waals surface area contributed by atoms with E-state index in [0.717, 1.165) is 0 Å². The van der Waals surface area contributed by atoms with Crippen molar-refractivity contribution in [3.8, 4) is 0 Å². The highest BCUT2D eigenvalue weighted by atomic mass is 32.2. The third-order valence-corrected chi connectivity index (χ3v) is 5.17. The summed E-state index contributed by atoms with van der Waals surface area (Å²) in [6.07, 6.45) is 0.700. The summed E-state index contributed by atoms with van der Waals surface area (Å²) in [5.41, 5.74) is -0.0266. The van der Waals surface area contributed by atoms with E-state index < -0.39 is 16.0 Å². The van der Waals surface area contributed by atoms with Gasteiger partial charge in [0.05, 0.1) is 10.5 Å². The maximum Gasteiger partial charge on any atom is 0.335 e. The summed E-state index contributed by atoms with van der Waals surface area (Å²) in [5.74, 6) is -1.14. The molecule has 0 saturated carbocycles. The molecule has 1 aromatic carbocycles. The normalized spacial score (nSPS) is 13.5. The fourth-order valence-electron chi connectivity index (χ4n) is 1.85. The second-order valence-electron chi connectivity index (χ2n) is 4.30. The molecule has 1 N–H and O–H groups in total. The van der Waals surface area contributed by atoms with Crippen molar-refractivity contribution >= 4 is 16.0 Å². The van der Waals surface area contributed by atoms with Crippen LogP contribution in [0.2, 0.25) is 0 Å². The summed E-state index contributed by atoms with van der Waals surface area (Å²) in [7, 11) is -3.65. The minimum Gasteiger partial charge on any atom is -0.478 e. The minimum atomic E-state index is -3.65. The number of carboxylic acid groups (broad SMARTS) is 1. The number of hydrogen-bond donors (Lipinski definition) is 1.